The number of rotatable bonds is 12. The summed E-state index contributed by atoms with van der Waals surface area (Å²) >= 11 is 0. The van der Waals surface area contributed by atoms with E-state index in [0.29, 0.717) is 17.9 Å². The van der Waals surface area contributed by atoms with E-state index in [2.05, 4.69) is 70.3 Å². The van der Waals surface area contributed by atoms with Crippen molar-refractivity contribution in [2.75, 3.05) is 44.3 Å². The van der Waals surface area contributed by atoms with Crippen molar-refractivity contribution in [1.29, 1.82) is 0 Å². The molecule has 0 saturated heterocycles. The Morgan fingerprint density at radius 1 is 1.19 bits per heavy atom. The first kappa shape index (κ1) is 27.3. The van der Waals surface area contributed by atoms with E-state index in [1.807, 2.05) is 16.7 Å². The van der Waals surface area contributed by atoms with Gasteiger partial charge in [0, 0.05) is 32.4 Å². The number of nitrogens with two attached hydrogens (primary N) is 1. The summed E-state index contributed by atoms with van der Waals surface area (Å²) in [5.74, 6) is 0.389. The van der Waals surface area contributed by atoms with Crippen LogP contribution in [0, 0.1) is 0 Å². The Morgan fingerprint density at radius 3 is 2.61 bits per heavy atom. The molecule has 1 unspecified atom stereocenters. The number of hydrogen-bond donors (Lipinski definition) is 3. The zero-order valence-corrected chi connectivity index (χ0v) is 22.1. The van der Waals surface area contributed by atoms with E-state index in [4.69, 9.17) is 10.5 Å². The summed E-state index contributed by atoms with van der Waals surface area (Å²) in [4.78, 5) is 27.2. The minimum absolute atomic E-state index is 0.0638. The number of amides is 2. The first-order chi connectivity index (χ1) is 17.2. The molecule has 0 aliphatic carbocycles. The average molecular weight is 497 g/mol. The second kappa shape index (κ2) is 12.6. The number of aryl methyl sites for hydroxylation is 1. The third kappa shape index (κ3) is 7.63. The van der Waals surface area contributed by atoms with E-state index in [0.717, 1.165) is 50.4 Å². The Morgan fingerprint density at radius 2 is 1.94 bits per heavy atom. The summed E-state index contributed by atoms with van der Waals surface area (Å²) in [6, 6.07) is 7.81. The van der Waals surface area contributed by atoms with Crippen molar-refractivity contribution in [3.05, 3.63) is 42.5 Å². The maximum Gasteiger partial charge on any atom is 0.319 e. The van der Waals surface area contributed by atoms with Crippen LogP contribution in [0.4, 0.5) is 16.3 Å². The molecular formula is C26H40N8O2. The predicted molar refractivity (Wildman–Crippen MR) is 144 cm³/mol. The summed E-state index contributed by atoms with van der Waals surface area (Å²) in [6.45, 7) is 12.6. The maximum absolute atomic E-state index is 12.3. The molecule has 1 aromatic carbocycles. The van der Waals surface area contributed by atoms with Crippen molar-refractivity contribution >= 4 is 28.7 Å². The van der Waals surface area contributed by atoms with E-state index in [9.17, 15) is 4.79 Å². The second-order valence-electron chi connectivity index (χ2n) is 9.97. The van der Waals surface area contributed by atoms with Crippen molar-refractivity contribution in [3.63, 3.8) is 0 Å². The molecule has 0 radical (unpaired) electrons. The highest BCUT2D eigenvalue weighted by molar-refractivity contribution is 5.89. The number of aromatic nitrogens is 4. The molecule has 0 bridgehead atoms. The number of imidazole rings is 1. The molecule has 196 valence electrons. The maximum atomic E-state index is 12.3. The van der Waals surface area contributed by atoms with Gasteiger partial charge in [-0.15, -0.1) is 0 Å². The van der Waals surface area contributed by atoms with Crippen LogP contribution in [-0.2, 0) is 16.7 Å². The number of carbonyl (C=O) groups excluding carboxylic acids is 1. The van der Waals surface area contributed by atoms with Crippen molar-refractivity contribution in [2.45, 2.75) is 58.6 Å². The number of carbonyl (C=O) groups is 1. The Bertz CT molecular complexity index is 1110. The summed E-state index contributed by atoms with van der Waals surface area (Å²) in [6.07, 6.45) is 4.93. The number of nitrogens with one attached hydrogen (secondary N) is 2. The van der Waals surface area contributed by atoms with Gasteiger partial charge in [0.2, 0.25) is 0 Å². The molecular weight excluding hydrogens is 456 g/mol. The summed E-state index contributed by atoms with van der Waals surface area (Å²) in [5.41, 5.74) is 9.36. The zero-order chi connectivity index (χ0) is 26.1. The first-order valence-electron chi connectivity index (χ1n) is 12.5. The monoisotopic (exact) mass is 496 g/mol. The fraction of sp³-hybridized carbons (Fsp3) is 0.538. The fourth-order valence-corrected chi connectivity index (χ4v) is 4.03. The normalized spacial score (nSPS) is 12.7. The van der Waals surface area contributed by atoms with E-state index in [-0.39, 0.29) is 17.6 Å². The smallest absolute Gasteiger partial charge is 0.319 e. The molecule has 1 atom stereocenters. The van der Waals surface area contributed by atoms with E-state index >= 15 is 0 Å². The third-order valence-electron chi connectivity index (χ3n) is 6.31. The van der Waals surface area contributed by atoms with Crippen molar-refractivity contribution in [3.8, 4) is 0 Å². The van der Waals surface area contributed by atoms with Gasteiger partial charge in [0.25, 0.3) is 0 Å². The van der Waals surface area contributed by atoms with Gasteiger partial charge >= 0.3 is 6.03 Å². The minimum Gasteiger partial charge on any atom is -0.382 e. The van der Waals surface area contributed by atoms with E-state index < -0.39 is 0 Å². The molecule has 4 N–H and O–H groups in total. The van der Waals surface area contributed by atoms with Gasteiger partial charge in [-0.1, -0.05) is 39.8 Å². The molecule has 0 aliphatic heterocycles. The SMILES string of the molecule is CCN(CCCNC(=O)Nc1ccc(C(C)(C)C)cc1)CC(CCn1cnc2c(N)ncnc21)OC. The van der Waals surface area contributed by atoms with Gasteiger partial charge in [-0.3, -0.25) is 0 Å². The molecule has 0 saturated carbocycles. The van der Waals surface area contributed by atoms with Gasteiger partial charge in [-0.05, 0) is 49.0 Å². The number of urea groups is 1. The number of hydrogen-bond acceptors (Lipinski definition) is 7. The van der Waals surface area contributed by atoms with Gasteiger partial charge in [0.05, 0.1) is 12.4 Å². The van der Waals surface area contributed by atoms with Gasteiger partial charge in [-0.25, -0.2) is 19.7 Å². The summed E-state index contributed by atoms with van der Waals surface area (Å²) in [5, 5.41) is 5.85. The standard InChI is InChI=1S/C26H40N8O2/c1-6-33(14-7-13-28-25(35)32-20-10-8-19(9-11-20)26(2,3)4)16-21(36-5)12-15-34-18-31-22-23(27)29-17-30-24(22)34/h8-11,17-18,21H,6-7,12-16H2,1-5H3,(H2,27,29,30)(H2,28,32,35). The third-order valence-corrected chi connectivity index (χ3v) is 6.31. The van der Waals surface area contributed by atoms with Crippen LogP contribution in [0.2, 0.25) is 0 Å². The van der Waals surface area contributed by atoms with Crippen molar-refractivity contribution in [1.82, 2.24) is 29.7 Å². The summed E-state index contributed by atoms with van der Waals surface area (Å²) in [7, 11) is 1.74. The quantitative estimate of drug-likeness (QED) is 0.327. The lowest BCUT2D eigenvalue weighted by Gasteiger charge is -2.26. The number of ether oxygens (including phenoxy) is 1. The zero-order valence-electron chi connectivity index (χ0n) is 22.1. The molecule has 3 rings (SSSR count). The Labute approximate surface area is 213 Å². The largest absolute Gasteiger partial charge is 0.382 e. The molecule has 2 amide bonds. The number of fused-ring (bicyclic) bond motifs is 1. The number of benzene rings is 1. The van der Waals surface area contributed by atoms with Crippen LogP contribution in [0.15, 0.2) is 36.9 Å². The number of methoxy groups -OCH3 is 1. The van der Waals surface area contributed by atoms with Crippen LogP contribution in [0.3, 0.4) is 0 Å². The van der Waals surface area contributed by atoms with E-state index in [1.165, 1.54) is 11.9 Å². The average Bonchev–Trinajstić information content (AvgIpc) is 3.27. The topological polar surface area (TPSA) is 123 Å². The van der Waals surface area contributed by atoms with Gasteiger partial charge in [0.15, 0.2) is 11.5 Å². The van der Waals surface area contributed by atoms with Crippen LogP contribution < -0.4 is 16.4 Å². The van der Waals surface area contributed by atoms with Crippen LogP contribution in [0.25, 0.3) is 11.2 Å². The molecule has 10 nitrogen and oxygen atoms in total. The van der Waals surface area contributed by atoms with Crippen LogP contribution >= 0.6 is 0 Å². The van der Waals surface area contributed by atoms with Crippen molar-refractivity contribution < 1.29 is 9.53 Å². The highest BCUT2D eigenvalue weighted by Crippen LogP contribution is 2.23. The number of nitrogen functional groups attached to an aromatic ring is 1. The summed E-state index contributed by atoms with van der Waals surface area (Å²) < 4.78 is 7.73. The lowest BCUT2D eigenvalue weighted by Crippen LogP contribution is -2.37. The lowest BCUT2D eigenvalue weighted by molar-refractivity contribution is 0.0562. The van der Waals surface area contributed by atoms with Crippen LogP contribution in [-0.4, -0.2) is 69.8 Å². The van der Waals surface area contributed by atoms with Crippen LogP contribution in [0.1, 0.15) is 46.1 Å². The van der Waals surface area contributed by atoms with Crippen molar-refractivity contribution in [2.24, 2.45) is 0 Å². The second-order valence-corrected chi connectivity index (χ2v) is 9.97. The molecule has 0 spiro atoms. The lowest BCUT2D eigenvalue weighted by atomic mass is 9.87. The fourth-order valence-electron chi connectivity index (χ4n) is 4.03. The van der Waals surface area contributed by atoms with Crippen LogP contribution in [0.5, 0.6) is 0 Å². The Kier molecular flexibility index (Phi) is 9.60. The molecule has 3 aromatic rings. The minimum atomic E-state index is -0.187. The first-order valence-corrected chi connectivity index (χ1v) is 12.5. The van der Waals surface area contributed by atoms with Gasteiger partial charge in [-0.2, -0.15) is 0 Å². The molecule has 0 fully saturated rings. The highest BCUT2D eigenvalue weighted by atomic mass is 16.5. The van der Waals surface area contributed by atoms with Gasteiger partial charge in [0.1, 0.15) is 11.8 Å². The number of anilines is 2. The molecule has 0 aliphatic rings. The molecule has 10 heteroatoms. The highest BCUT2D eigenvalue weighted by Gasteiger charge is 2.15. The van der Waals surface area contributed by atoms with E-state index in [1.54, 1.807) is 13.4 Å². The predicted octanol–water partition coefficient (Wildman–Crippen LogP) is 3.64. The Hall–Kier alpha value is -3.24. The molecule has 36 heavy (non-hydrogen) atoms. The Balaban J connectivity index is 1.39. The molecule has 2 aromatic heterocycles. The number of nitrogens with zero attached hydrogens (tertiary/aromatic N) is 5. The van der Waals surface area contributed by atoms with Gasteiger partial charge < -0.3 is 30.6 Å². The number of likely N-dealkylation sites (N-methyl/N-ethyl adjacent to an activating group) is 1. The molecule has 2 heterocycles.